The van der Waals surface area contributed by atoms with Crippen molar-refractivity contribution in [3.63, 3.8) is 0 Å². The van der Waals surface area contributed by atoms with E-state index in [2.05, 4.69) is 11.1 Å². The zero-order valence-corrected chi connectivity index (χ0v) is 16.8. The molecule has 5 rings (SSSR count). The fraction of sp³-hybridized carbons (Fsp3) is 0.292. The Hall–Kier alpha value is -3.41. The Labute approximate surface area is 174 Å². The number of benzene rings is 1. The van der Waals surface area contributed by atoms with E-state index in [0.717, 1.165) is 23.4 Å². The number of fused-ring (bicyclic) bond motifs is 4. The summed E-state index contributed by atoms with van der Waals surface area (Å²) in [6.45, 7) is 1.96. The predicted molar refractivity (Wildman–Crippen MR) is 114 cm³/mol. The summed E-state index contributed by atoms with van der Waals surface area (Å²) in [6.07, 6.45) is 4.31. The summed E-state index contributed by atoms with van der Waals surface area (Å²) in [5.41, 5.74) is 3.33. The monoisotopic (exact) mass is 401 g/mol. The van der Waals surface area contributed by atoms with Crippen molar-refractivity contribution in [2.45, 2.75) is 18.9 Å². The van der Waals surface area contributed by atoms with Crippen LogP contribution in [0.15, 0.2) is 65.7 Å². The average Bonchev–Trinajstić information content (AvgIpc) is 2.80. The van der Waals surface area contributed by atoms with E-state index >= 15 is 0 Å². The van der Waals surface area contributed by atoms with Gasteiger partial charge in [-0.15, -0.1) is 0 Å². The Balaban J connectivity index is 1.45. The number of nitrogens with zero attached hydrogens (tertiary/aromatic N) is 3. The molecule has 0 saturated carbocycles. The number of hydrogen-bond acceptors (Lipinski definition) is 4. The summed E-state index contributed by atoms with van der Waals surface area (Å²) in [5, 5.41) is 0. The molecule has 2 unspecified atom stereocenters. The first-order valence-corrected chi connectivity index (χ1v) is 10.2. The van der Waals surface area contributed by atoms with E-state index in [-0.39, 0.29) is 23.3 Å². The van der Waals surface area contributed by atoms with Gasteiger partial charge in [-0.3, -0.25) is 14.6 Å². The van der Waals surface area contributed by atoms with Crippen LogP contribution in [0.3, 0.4) is 0 Å². The summed E-state index contributed by atoms with van der Waals surface area (Å²) in [6, 6.07) is 15.1. The first kappa shape index (κ1) is 18.6. The van der Waals surface area contributed by atoms with Crippen molar-refractivity contribution in [1.29, 1.82) is 0 Å². The molecular formula is C24H23N3O3. The average molecular weight is 401 g/mol. The van der Waals surface area contributed by atoms with Crippen LogP contribution < -0.4 is 10.3 Å². The number of hydrogen-bond donors (Lipinski definition) is 0. The quantitative estimate of drug-likeness (QED) is 0.676. The van der Waals surface area contributed by atoms with E-state index < -0.39 is 0 Å². The van der Waals surface area contributed by atoms with Crippen LogP contribution in [0.4, 0.5) is 0 Å². The zero-order chi connectivity index (χ0) is 20.7. The summed E-state index contributed by atoms with van der Waals surface area (Å²) in [4.78, 5) is 32.1. The highest BCUT2D eigenvalue weighted by atomic mass is 16.5. The van der Waals surface area contributed by atoms with Crippen LogP contribution in [0.5, 0.6) is 5.75 Å². The lowest BCUT2D eigenvalue weighted by molar-refractivity contribution is 0.0594. The van der Waals surface area contributed by atoms with Crippen molar-refractivity contribution < 1.29 is 9.53 Å². The maximum absolute atomic E-state index is 13.3. The van der Waals surface area contributed by atoms with Crippen molar-refractivity contribution >= 4 is 5.91 Å². The van der Waals surface area contributed by atoms with Crippen molar-refractivity contribution in [3.8, 4) is 16.9 Å². The highest BCUT2D eigenvalue weighted by molar-refractivity contribution is 5.94. The lowest BCUT2D eigenvalue weighted by atomic mass is 9.82. The second-order valence-electron chi connectivity index (χ2n) is 8.06. The van der Waals surface area contributed by atoms with Gasteiger partial charge < -0.3 is 14.2 Å². The topological polar surface area (TPSA) is 64.4 Å². The fourth-order valence-electron chi connectivity index (χ4n) is 4.78. The van der Waals surface area contributed by atoms with Crippen LogP contribution >= 0.6 is 0 Å². The van der Waals surface area contributed by atoms with Gasteiger partial charge in [0.25, 0.3) is 11.5 Å². The second kappa shape index (κ2) is 7.44. The van der Waals surface area contributed by atoms with Gasteiger partial charge in [0.2, 0.25) is 0 Å². The number of likely N-dealkylation sites (tertiary alicyclic amines) is 1. The largest absolute Gasteiger partial charge is 0.497 e. The number of carbonyl (C=O) groups excluding carboxylic acids is 1. The van der Waals surface area contributed by atoms with Gasteiger partial charge in [0.05, 0.1) is 7.11 Å². The first-order chi connectivity index (χ1) is 14.6. The van der Waals surface area contributed by atoms with Crippen LogP contribution in [0.2, 0.25) is 0 Å². The van der Waals surface area contributed by atoms with Gasteiger partial charge in [-0.25, -0.2) is 0 Å². The molecule has 1 aromatic carbocycles. The number of pyridine rings is 2. The van der Waals surface area contributed by atoms with Crippen molar-refractivity contribution in [2.75, 3.05) is 20.2 Å². The number of ether oxygens (including phenoxy) is 1. The molecule has 1 fully saturated rings. The molecule has 152 valence electrons. The first-order valence-electron chi connectivity index (χ1n) is 10.2. The molecule has 1 saturated heterocycles. The molecule has 6 heteroatoms. The van der Waals surface area contributed by atoms with Gasteiger partial charge in [-0.2, -0.15) is 0 Å². The number of rotatable bonds is 3. The maximum Gasteiger partial charge on any atom is 0.258 e. The number of methoxy groups -OCH3 is 1. The molecule has 2 bridgehead atoms. The third-order valence-electron chi connectivity index (χ3n) is 6.22. The van der Waals surface area contributed by atoms with E-state index in [4.69, 9.17) is 4.74 Å². The molecule has 2 aliphatic heterocycles. The zero-order valence-electron chi connectivity index (χ0n) is 16.8. The molecule has 4 heterocycles. The normalized spacial score (nSPS) is 19.8. The Bertz CT molecular complexity index is 1140. The van der Waals surface area contributed by atoms with Crippen LogP contribution in [0.25, 0.3) is 11.1 Å². The molecule has 0 aliphatic carbocycles. The van der Waals surface area contributed by atoms with Crippen LogP contribution in [0, 0.1) is 5.92 Å². The number of piperidine rings is 1. The van der Waals surface area contributed by atoms with Crippen LogP contribution in [-0.2, 0) is 6.54 Å². The maximum atomic E-state index is 13.3. The Morgan fingerprint density at radius 3 is 2.50 bits per heavy atom. The van der Waals surface area contributed by atoms with E-state index in [0.29, 0.717) is 30.8 Å². The molecule has 0 spiro atoms. The van der Waals surface area contributed by atoms with E-state index in [1.165, 1.54) is 0 Å². The van der Waals surface area contributed by atoms with Crippen molar-refractivity contribution in [2.24, 2.45) is 5.92 Å². The number of aromatic nitrogens is 2. The second-order valence-corrected chi connectivity index (χ2v) is 8.06. The molecule has 30 heavy (non-hydrogen) atoms. The third kappa shape index (κ3) is 3.18. The molecule has 2 aromatic heterocycles. The lowest BCUT2D eigenvalue weighted by Gasteiger charge is -2.43. The minimum atomic E-state index is 0.0396. The van der Waals surface area contributed by atoms with Crippen molar-refractivity contribution in [3.05, 3.63) is 82.5 Å². The Kier molecular flexibility index (Phi) is 4.62. The SMILES string of the molecule is COc1ccc(-c2ccc3n(c2=O)CC2CC3CN(C(=O)c3ccncc3)C2)cc1. The smallest absolute Gasteiger partial charge is 0.258 e. The van der Waals surface area contributed by atoms with Gasteiger partial charge in [0.1, 0.15) is 5.75 Å². The van der Waals surface area contributed by atoms with E-state index in [1.807, 2.05) is 39.8 Å². The molecule has 2 aliphatic rings. The predicted octanol–water partition coefficient (Wildman–Crippen LogP) is 3.18. The number of amides is 1. The fourth-order valence-corrected chi connectivity index (χ4v) is 4.78. The highest BCUT2D eigenvalue weighted by Gasteiger charge is 2.36. The van der Waals surface area contributed by atoms with Gasteiger partial charge in [0.15, 0.2) is 0 Å². The summed E-state index contributed by atoms with van der Waals surface area (Å²) < 4.78 is 7.14. The van der Waals surface area contributed by atoms with E-state index in [1.54, 1.807) is 31.6 Å². The van der Waals surface area contributed by atoms with Gasteiger partial charge >= 0.3 is 0 Å². The summed E-state index contributed by atoms with van der Waals surface area (Å²) in [7, 11) is 1.63. The standard InChI is InChI=1S/C24H23N3O3/c1-30-20-4-2-17(3-5-20)21-6-7-22-19-12-16(14-27(22)24(21)29)13-26(15-19)23(28)18-8-10-25-11-9-18/h2-11,16,19H,12-15H2,1H3. The van der Waals surface area contributed by atoms with Gasteiger partial charge in [-0.1, -0.05) is 12.1 Å². The summed E-state index contributed by atoms with van der Waals surface area (Å²) >= 11 is 0. The third-order valence-corrected chi connectivity index (χ3v) is 6.22. The van der Waals surface area contributed by atoms with Crippen LogP contribution in [0.1, 0.15) is 28.4 Å². The van der Waals surface area contributed by atoms with Gasteiger partial charge in [-0.05, 0) is 54.3 Å². The number of carbonyl (C=O) groups is 1. The van der Waals surface area contributed by atoms with E-state index in [9.17, 15) is 9.59 Å². The Morgan fingerprint density at radius 2 is 1.77 bits per heavy atom. The van der Waals surface area contributed by atoms with Crippen molar-refractivity contribution in [1.82, 2.24) is 14.5 Å². The minimum absolute atomic E-state index is 0.0396. The Morgan fingerprint density at radius 1 is 1.00 bits per heavy atom. The molecular weight excluding hydrogens is 378 g/mol. The molecule has 0 N–H and O–H groups in total. The van der Waals surface area contributed by atoms with Gasteiger partial charge in [0, 0.05) is 54.8 Å². The molecule has 1 amide bonds. The molecule has 0 radical (unpaired) electrons. The van der Waals surface area contributed by atoms with Crippen LogP contribution in [-0.4, -0.2) is 40.6 Å². The molecule has 6 nitrogen and oxygen atoms in total. The molecule has 3 aromatic rings. The lowest BCUT2D eigenvalue weighted by Crippen LogP contribution is -2.49. The minimum Gasteiger partial charge on any atom is -0.497 e. The molecule has 2 atom stereocenters. The highest BCUT2D eigenvalue weighted by Crippen LogP contribution is 2.36. The summed E-state index contributed by atoms with van der Waals surface area (Å²) in [5.74, 6) is 1.27.